The average molecular weight is 325 g/mol. The standard InChI is InChI=1S/C13H18ClFN2O2.ClH/c1-7(2)12(16)13(19)17-6-11(18)8-3-4-9(14)10(15)5-8;/h3-5,7,11-12,18H,6,16H2,1-2H3,(H,17,19);1H/t11?,12-;/m0./s1. The number of rotatable bonds is 5. The number of carbonyl (C=O) groups is 1. The fraction of sp³-hybridized carbons (Fsp3) is 0.462. The Kier molecular flexibility index (Phi) is 8.05. The van der Waals surface area contributed by atoms with Crippen LogP contribution in [0.2, 0.25) is 5.02 Å². The maximum Gasteiger partial charge on any atom is 0.237 e. The van der Waals surface area contributed by atoms with Gasteiger partial charge in [-0.15, -0.1) is 12.4 Å². The number of hydrogen-bond donors (Lipinski definition) is 3. The van der Waals surface area contributed by atoms with Crippen LogP contribution in [0.4, 0.5) is 4.39 Å². The van der Waals surface area contributed by atoms with Gasteiger partial charge in [0, 0.05) is 6.54 Å². The van der Waals surface area contributed by atoms with Gasteiger partial charge in [-0.25, -0.2) is 4.39 Å². The van der Waals surface area contributed by atoms with Crippen LogP contribution in [-0.2, 0) is 4.79 Å². The first kappa shape index (κ1) is 19.1. The van der Waals surface area contributed by atoms with Crippen molar-refractivity contribution in [2.75, 3.05) is 6.54 Å². The lowest BCUT2D eigenvalue weighted by atomic mass is 10.0. The number of halogens is 3. The second-order valence-corrected chi connectivity index (χ2v) is 5.11. The first-order chi connectivity index (χ1) is 8.82. The monoisotopic (exact) mass is 324 g/mol. The SMILES string of the molecule is CC(C)[C@H](N)C(=O)NCC(O)c1ccc(Cl)c(F)c1.Cl. The number of aliphatic hydroxyl groups excluding tert-OH is 1. The minimum atomic E-state index is -1.00. The molecule has 0 heterocycles. The zero-order valence-electron chi connectivity index (χ0n) is 11.3. The molecule has 1 aromatic carbocycles. The summed E-state index contributed by atoms with van der Waals surface area (Å²) in [5.74, 6) is -0.947. The van der Waals surface area contributed by atoms with Gasteiger partial charge in [0.05, 0.1) is 17.2 Å². The molecule has 114 valence electrons. The summed E-state index contributed by atoms with van der Waals surface area (Å²) in [5, 5.41) is 12.4. The normalized spacial score (nSPS) is 13.6. The lowest BCUT2D eigenvalue weighted by Crippen LogP contribution is -2.45. The van der Waals surface area contributed by atoms with Crippen molar-refractivity contribution < 1.29 is 14.3 Å². The predicted molar refractivity (Wildman–Crippen MR) is 79.4 cm³/mol. The third-order valence-electron chi connectivity index (χ3n) is 2.82. The number of nitrogens with one attached hydrogen (secondary N) is 1. The van der Waals surface area contributed by atoms with Crippen molar-refractivity contribution in [2.24, 2.45) is 11.7 Å². The second-order valence-electron chi connectivity index (χ2n) is 4.70. The van der Waals surface area contributed by atoms with Crippen molar-refractivity contribution in [3.8, 4) is 0 Å². The van der Waals surface area contributed by atoms with Crippen molar-refractivity contribution in [3.63, 3.8) is 0 Å². The maximum absolute atomic E-state index is 13.2. The molecule has 0 saturated carbocycles. The van der Waals surface area contributed by atoms with Gasteiger partial charge in [0.2, 0.25) is 5.91 Å². The molecule has 0 fully saturated rings. The molecular formula is C13H19Cl2FN2O2. The molecule has 0 aliphatic heterocycles. The van der Waals surface area contributed by atoms with Crippen LogP contribution in [0.5, 0.6) is 0 Å². The van der Waals surface area contributed by atoms with Gasteiger partial charge in [-0.2, -0.15) is 0 Å². The fourth-order valence-corrected chi connectivity index (χ4v) is 1.57. The topological polar surface area (TPSA) is 75.4 Å². The van der Waals surface area contributed by atoms with E-state index in [1.807, 2.05) is 13.8 Å². The Hall–Kier alpha value is -0.880. The van der Waals surface area contributed by atoms with E-state index in [4.69, 9.17) is 17.3 Å². The largest absolute Gasteiger partial charge is 0.387 e. The predicted octanol–water partition coefficient (Wildman–Crippen LogP) is 2.03. The molecule has 0 aliphatic rings. The van der Waals surface area contributed by atoms with Crippen LogP contribution >= 0.6 is 24.0 Å². The molecular weight excluding hydrogens is 306 g/mol. The van der Waals surface area contributed by atoms with Crippen molar-refractivity contribution in [1.29, 1.82) is 0 Å². The Bertz CT molecular complexity index is 458. The van der Waals surface area contributed by atoms with Gasteiger partial charge in [0.25, 0.3) is 0 Å². The summed E-state index contributed by atoms with van der Waals surface area (Å²) in [6.07, 6.45) is -1.00. The molecule has 2 atom stereocenters. The Morgan fingerprint density at radius 1 is 1.50 bits per heavy atom. The minimum absolute atomic E-state index is 0. The molecule has 0 radical (unpaired) electrons. The second kappa shape index (κ2) is 8.42. The zero-order chi connectivity index (χ0) is 14.6. The van der Waals surface area contributed by atoms with Crippen LogP contribution in [0.1, 0.15) is 25.5 Å². The van der Waals surface area contributed by atoms with Crippen LogP contribution in [0, 0.1) is 11.7 Å². The molecule has 4 N–H and O–H groups in total. The molecule has 0 saturated heterocycles. The Morgan fingerprint density at radius 3 is 2.60 bits per heavy atom. The highest BCUT2D eigenvalue weighted by Gasteiger charge is 2.18. The van der Waals surface area contributed by atoms with Gasteiger partial charge in [0.1, 0.15) is 5.82 Å². The van der Waals surface area contributed by atoms with Gasteiger partial charge in [-0.1, -0.05) is 31.5 Å². The summed E-state index contributed by atoms with van der Waals surface area (Å²) in [6, 6.07) is 3.37. The van der Waals surface area contributed by atoms with Gasteiger partial charge >= 0.3 is 0 Å². The van der Waals surface area contributed by atoms with Gasteiger partial charge in [-0.05, 0) is 23.6 Å². The number of aliphatic hydroxyl groups is 1. The Morgan fingerprint density at radius 2 is 2.10 bits per heavy atom. The summed E-state index contributed by atoms with van der Waals surface area (Å²) in [4.78, 5) is 11.6. The number of nitrogens with two attached hydrogens (primary N) is 1. The highest BCUT2D eigenvalue weighted by atomic mass is 35.5. The van der Waals surface area contributed by atoms with E-state index in [1.165, 1.54) is 12.1 Å². The number of carbonyl (C=O) groups excluding carboxylic acids is 1. The molecule has 1 aromatic rings. The van der Waals surface area contributed by atoms with E-state index in [9.17, 15) is 14.3 Å². The molecule has 7 heteroatoms. The summed E-state index contributed by atoms with van der Waals surface area (Å²) in [6.45, 7) is 3.63. The summed E-state index contributed by atoms with van der Waals surface area (Å²) in [5.41, 5.74) is 6.01. The molecule has 0 aromatic heterocycles. The lowest BCUT2D eigenvalue weighted by molar-refractivity contribution is -0.123. The van der Waals surface area contributed by atoms with E-state index in [2.05, 4.69) is 5.32 Å². The van der Waals surface area contributed by atoms with Crippen LogP contribution in [0.3, 0.4) is 0 Å². The van der Waals surface area contributed by atoms with Gasteiger partial charge in [-0.3, -0.25) is 4.79 Å². The summed E-state index contributed by atoms with van der Waals surface area (Å²) < 4.78 is 13.2. The van der Waals surface area contributed by atoms with Crippen LogP contribution in [0.15, 0.2) is 18.2 Å². The molecule has 4 nitrogen and oxygen atoms in total. The van der Waals surface area contributed by atoms with Crippen molar-refractivity contribution >= 4 is 29.9 Å². The number of amides is 1. The molecule has 0 spiro atoms. The van der Waals surface area contributed by atoms with E-state index in [1.54, 1.807) is 0 Å². The highest BCUT2D eigenvalue weighted by Crippen LogP contribution is 2.19. The first-order valence-corrected chi connectivity index (χ1v) is 6.37. The van der Waals surface area contributed by atoms with E-state index in [-0.39, 0.29) is 35.8 Å². The van der Waals surface area contributed by atoms with Crippen molar-refractivity contribution in [3.05, 3.63) is 34.6 Å². The molecule has 20 heavy (non-hydrogen) atoms. The minimum Gasteiger partial charge on any atom is -0.387 e. The lowest BCUT2D eigenvalue weighted by Gasteiger charge is -2.17. The maximum atomic E-state index is 13.2. The highest BCUT2D eigenvalue weighted by molar-refractivity contribution is 6.30. The van der Waals surface area contributed by atoms with Gasteiger partial charge < -0.3 is 16.2 Å². The third-order valence-corrected chi connectivity index (χ3v) is 3.13. The number of benzene rings is 1. The quantitative estimate of drug-likeness (QED) is 0.775. The smallest absolute Gasteiger partial charge is 0.237 e. The molecule has 1 unspecified atom stereocenters. The van der Waals surface area contributed by atoms with Crippen LogP contribution < -0.4 is 11.1 Å². The van der Waals surface area contributed by atoms with E-state index in [0.29, 0.717) is 5.56 Å². The molecule has 0 aliphatic carbocycles. The molecule has 1 amide bonds. The van der Waals surface area contributed by atoms with Crippen molar-refractivity contribution in [2.45, 2.75) is 26.0 Å². The fourth-order valence-electron chi connectivity index (χ4n) is 1.46. The summed E-state index contributed by atoms with van der Waals surface area (Å²) >= 11 is 5.55. The van der Waals surface area contributed by atoms with Crippen LogP contribution in [-0.4, -0.2) is 23.6 Å². The summed E-state index contributed by atoms with van der Waals surface area (Å²) in [7, 11) is 0. The van der Waals surface area contributed by atoms with Crippen LogP contribution in [0.25, 0.3) is 0 Å². The van der Waals surface area contributed by atoms with E-state index in [0.717, 1.165) is 6.07 Å². The third kappa shape index (κ3) is 5.25. The van der Waals surface area contributed by atoms with Crippen molar-refractivity contribution in [1.82, 2.24) is 5.32 Å². The number of hydrogen-bond acceptors (Lipinski definition) is 3. The van der Waals surface area contributed by atoms with Gasteiger partial charge in [0.15, 0.2) is 0 Å². The van der Waals surface area contributed by atoms with E-state index >= 15 is 0 Å². The average Bonchev–Trinajstić information content (AvgIpc) is 2.37. The Labute approximate surface area is 128 Å². The first-order valence-electron chi connectivity index (χ1n) is 5.99. The molecule has 0 bridgehead atoms. The Balaban J connectivity index is 0.00000361. The molecule has 1 rings (SSSR count). The van der Waals surface area contributed by atoms with E-state index < -0.39 is 18.0 Å². The zero-order valence-corrected chi connectivity index (χ0v) is 12.8.